The van der Waals surface area contributed by atoms with Crippen molar-refractivity contribution in [2.24, 2.45) is 0 Å². The van der Waals surface area contributed by atoms with Gasteiger partial charge in [0.2, 0.25) is 0 Å². The lowest BCUT2D eigenvalue weighted by atomic mass is 10.3. The Kier molecular flexibility index (Phi) is 7.23. The van der Waals surface area contributed by atoms with E-state index in [1.54, 1.807) is 24.3 Å². The highest BCUT2D eigenvalue weighted by atomic mass is 35.5. The van der Waals surface area contributed by atoms with Crippen molar-refractivity contribution in [2.75, 3.05) is 25.7 Å². The Labute approximate surface area is 148 Å². The zero-order valence-electron chi connectivity index (χ0n) is 11.8. The molecule has 0 aliphatic heterocycles. The minimum Gasteiger partial charge on any atom is -0.495 e. The third-order valence-corrected chi connectivity index (χ3v) is 4.35. The number of hydrogen-bond acceptors (Lipinski definition) is 4. The van der Waals surface area contributed by atoms with Gasteiger partial charge in [-0.3, -0.25) is 0 Å². The fourth-order valence-electron chi connectivity index (χ4n) is 1.41. The van der Waals surface area contributed by atoms with Gasteiger partial charge in [0.05, 0.1) is 35.6 Å². The lowest BCUT2D eigenvalue weighted by Gasteiger charge is -2.05. The standard InChI is InChI=1S/2C7H7Cl2NO/c2*1-11-5-3-2-4(10)6(8)7(5)9/h2*2-3H,10H2,1H3. The number of ether oxygens (including phenoxy) is 2. The number of nitrogen functional groups attached to an aromatic ring is 2. The average Bonchev–Trinajstić information content (AvgIpc) is 2.51. The van der Waals surface area contributed by atoms with Crippen molar-refractivity contribution in [1.29, 1.82) is 0 Å². The Morgan fingerprint density at radius 2 is 0.955 bits per heavy atom. The molecule has 0 aromatic heterocycles. The average molecular weight is 384 g/mol. The van der Waals surface area contributed by atoms with Crippen LogP contribution in [-0.2, 0) is 0 Å². The normalized spacial score (nSPS) is 9.73. The van der Waals surface area contributed by atoms with Crippen LogP contribution >= 0.6 is 46.4 Å². The van der Waals surface area contributed by atoms with E-state index >= 15 is 0 Å². The first-order valence-corrected chi connectivity index (χ1v) is 7.39. The molecule has 8 heteroatoms. The van der Waals surface area contributed by atoms with Crippen LogP contribution in [0.2, 0.25) is 20.1 Å². The fourth-order valence-corrected chi connectivity index (χ4v) is 2.22. The molecule has 120 valence electrons. The summed E-state index contributed by atoms with van der Waals surface area (Å²) < 4.78 is 9.82. The SMILES string of the molecule is COc1ccc(N)c(Cl)c1Cl.COc1ccc(N)c(Cl)c1Cl. The first-order valence-electron chi connectivity index (χ1n) is 5.88. The maximum absolute atomic E-state index is 5.76. The topological polar surface area (TPSA) is 70.5 Å². The largest absolute Gasteiger partial charge is 0.495 e. The summed E-state index contributed by atoms with van der Waals surface area (Å²) in [6.07, 6.45) is 0. The van der Waals surface area contributed by atoms with Gasteiger partial charge in [-0.2, -0.15) is 0 Å². The Bertz CT molecular complexity index is 608. The second kappa shape index (κ2) is 8.44. The van der Waals surface area contributed by atoms with Crippen LogP contribution in [0, 0.1) is 0 Å². The molecule has 0 saturated heterocycles. The minimum atomic E-state index is 0.339. The highest BCUT2D eigenvalue weighted by Crippen LogP contribution is 2.36. The predicted molar refractivity (Wildman–Crippen MR) is 94.9 cm³/mol. The Morgan fingerprint density at radius 1 is 0.636 bits per heavy atom. The molecule has 2 aromatic rings. The van der Waals surface area contributed by atoms with Gasteiger partial charge in [0.15, 0.2) is 0 Å². The van der Waals surface area contributed by atoms with E-state index in [0.29, 0.717) is 43.0 Å². The first kappa shape index (κ1) is 18.8. The first-order chi connectivity index (χ1) is 10.3. The number of anilines is 2. The Morgan fingerprint density at radius 3 is 1.23 bits per heavy atom. The van der Waals surface area contributed by atoms with Gasteiger partial charge >= 0.3 is 0 Å². The van der Waals surface area contributed by atoms with Crippen LogP contribution in [0.25, 0.3) is 0 Å². The summed E-state index contributed by atoms with van der Waals surface area (Å²) in [5, 5.41) is 1.39. The summed E-state index contributed by atoms with van der Waals surface area (Å²) in [7, 11) is 3.04. The van der Waals surface area contributed by atoms with E-state index in [-0.39, 0.29) is 0 Å². The smallest absolute Gasteiger partial charge is 0.139 e. The lowest BCUT2D eigenvalue weighted by Crippen LogP contribution is -1.89. The van der Waals surface area contributed by atoms with E-state index in [4.69, 9.17) is 67.3 Å². The maximum atomic E-state index is 5.76. The van der Waals surface area contributed by atoms with Crippen LogP contribution in [0.1, 0.15) is 0 Å². The molecule has 2 aromatic carbocycles. The molecule has 0 aliphatic carbocycles. The van der Waals surface area contributed by atoms with Gasteiger partial charge < -0.3 is 20.9 Å². The molecule has 22 heavy (non-hydrogen) atoms. The van der Waals surface area contributed by atoms with Crippen molar-refractivity contribution >= 4 is 57.8 Å². The minimum absolute atomic E-state index is 0.339. The zero-order chi connectivity index (χ0) is 16.9. The van der Waals surface area contributed by atoms with Gasteiger partial charge in [-0.25, -0.2) is 0 Å². The van der Waals surface area contributed by atoms with Gasteiger partial charge in [0.1, 0.15) is 21.5 Å². The molecule has 0 bridgehead atoms. The summed E-state index contributed by atoms with van der Waals surface area (Å²) in [5.74, 6) is 1.07. The van der Waals surface area contributed by atoms with Crippen LogP contribution in [0.4, 0.5) is 11.4 Å². The molecule has 0 aliphatic rings. The quantitative estimate of drug-likeness (QED) is 0.701. The third-order valence-electron chi connectivity index (χ3n) is 2.59. The van der Waals surface area contributed by atoms with E-state index in [0.717, 1.165) is 0 Å². The highest BCUT2D eigenvalue weighted by molar-refractivity contribution is 6.45. The number of methoxy groups -OCH3 is 2. The number of halogens is 4. The van der Waals surface area contributed by atoms with Gasteiger partial charge in [-0.05, 0) is 24.3 Å². The molecule has 0 heterocycles. The van der Waals surface area contributed by atoms with Gasteiger partial charge in [-0.15, -0.1) is 0 Å². The summed E-state index contributed by atoms with van der Waals surface area (Å²) >= 11 is 23.0. The number of benzene rings is 2. The molecule has 0 unspecified atom stereocenters. The molecule has 0 radical (unpaired) electrons. The molecule has 0 saturated carbocycles. The van der Waals surface area contributed by atoms with Crippen molar-refractivity contribution in [1.82, 2.24) is 0 Å². The summed E-state index contributed by atoms with van der Waals surface area (Å²) in [6.45, 7) is 0. The molecule has 0 amide bonds. The zero-order valence-corrected chi connectivity index (χ0v) is 14.8. The van der Waals surface area contributed by atoms with Gasteiger partial charge in [-0.1, -0.05) is 46.4 Å². The Hall–Kier alpha value is -1.20. The van der Waals surface area contributed by atoms with Gasteiger partial charge in [0.25, 0.3) is 0 Å². The lowest BCUT2D eigenvalue weighted by molar-refractivity contribution is 0.415. The van der Waals surface area contributed by atoms with Gasteiger partial charge in [0, 0.05) is 0 Å². The van der Waals surface area contributed by atoms with Crippen molar-refractivity contribution < 1.29 is 9.47 Å². The van der Waals surface area contributed by atoms with E-state index in [2.05, 4.69) is 0 Å². The molecule has 0 atom stereocenters. The van der Waals surface area contributed by atoms with E-state index in [1.807, 2.05) is 0 Å². The Balaban J connectivity index is 0.000000220. The molecule has 4 nitrogen and oxygen atoms in total. The molecule has 2 rings (SSSR count). The molecule has 0 spiro atoms. The third kappa shape index (κ3) is 4.40. The molecular formula is C14H14Cl4N2O2. The molecule has 4 N–H and O–H groups in total. The second-order valence-electron chi connectivity index (χ2n) is 3.97. The van der Waals surface area contributed by atoms with Crippen molar-refractivity contribution in [3.8, 4) is 11.5 Å². The van der Waals surface area contributed by atoms with Crippen LogP contribution in [0.3, 0.4) is 0 Å². The predicted octanol–water partition coefficient (Wildman–Crippen LogP) is 5.17. The molecule has 0 fully saturated rings. The van der Waals surface area contributed by atoms with E-state index in [1.165, 1.54) is 14.2 Å². The van der Waals surface area contributed by atoms with E-state index < -0.39 is 0 Å². The summed E-state index contributed by atoms with van der Waals surface area (Å²) in [4.78, 5) is 0. The number of hydrogen-bond donors (Lipinski definition) is 2. The summed E-state index contributed by atoms with van der Waals surface area (Å²) in [6, 6.07) is 6.63. The van der Waals surface area contributed by atoms with Crippen LogP contribution in [0.15, 0.2) is 24.3 Å². The van der Waals surface area contributed by atoms with E-state index in [9.17, 15) is 0 Å². The van der Waals surface area contributed by atoms with Crippen LogP contribution in [-0.4, -0.2) is 14.2 Å². The highest BCUT2D eigenvalue weighted by Gasteiger charge is 2.07. The number of nitrogens with two attached hydrogens (primary N) is 2. The fraction of sp³-hybridized carbons (Fsp3) is 0.143. The van der Waals surface area contributed by atoms with Crippen LogP contribution < -0.4 is 20.9 Å². The monoisotopic (exact) mass is 382 g/mol. The van der Waals surface area contributed by atoms with Crippen molar-refractivity contribution in [2.45, 2.75) is 0 Å². The second-order valence-corrected chi connectivity index (χ2v) is 5.48. The molecular weight excluding hydrogens is 370 g/mol. The number of rotatable bonds is 2. The van der Waals surface area contributed by atoms with Crippen LogP contribution in [0.5, 0.6) is 11.5 Å². The van der Waals surface area contributed by atoms with Crippen molar-refractivity contribution in [3.63, 3.8) is 0 Å². The van der Waals surface area contributed by atoms with Crippen molar-refractivity contribution in [3.05, 3.63) is 44.4 Å². The summed E-state index contributed by atoms with van der Waals surface area (Å²) in [5.41, 5.74) is 11.9. The maximum Gasteiger partial charge on any atom is 0.139 e.